The van der Waals surface area contributed by atoms with Crippen molar-refractivity contribution in [3.8, 4) is 0 Å². The van der Waals surface area contributed by atoms with Gasteiger partial charge in [-0.15, -0.1) is 0 Å². The van der Waals surface area contributed by atoms with Crippen LogP contribution in [0.1, 0.15) is 118 Å². The second kappa shape index (κ2) is 9.19. The molecule has 0 heterocycles. The van der Waals surface area contributed by atoms with Gasteiger partial charge in [-0.25, -0.2) is 0 Å². The van der Waals surface area contributed by atoms with Crippen LogP contribution in [-0.4, -0.2) is 17.2 Å². The van der Waals surface area contributed by atoms with Crippen LogP contribution in [0.15, 0.2) is 42.0 Å². The number of aliphatic hydroxyl groups is 1. The van der Waals surface area contributed by atoms with Crippen LogP contribution in [-0.2, 0) is 16.1 Å². The van der Waals surface area contributed by atoms with Gasteiger partial charge in [0.25, 0.3) is 0 Å². The molecule has 1 aromatic carbocycles. The predicted octanol–water partition coefficient (Wildman–Crippen LogP) is 8.89. The molecule has 0 spiro atoms. The lowest BCUT2D eigenvalue weighted by Gasteiger charge is -2.71. The molecule has 5 aliphatic rings. The molecule has 3 unspecified atom stereocenters. The van der Waals surface area contributed by atoms with Gasteiger partial charge in [-0.2, -0.15) is 0 Å². The Balaban J connectivity index is 1.30. The third kappa shape index (κ3) is 3.88. The van der Waals surface area contributed by atoms with E-state index >= 15 is 0 Å². The maximum absolute atomic E-state index is 13.6. The summed E-state index contributed by atoms with van der Waals surface area (Å²) >= 11 is 0. The summed E-state index contributed by atoms with van der Waals surface area (Å²) in [6.07, 6.45) is 13.7. The lowest BCUT2D eigenvalue weighted by molar-refractivity contribution is -0.203. The molecule has 220 valence electrons. The van der Waals surface area contributed by atoms with Crippen LogP contribution in [0, 0.1) is 50.2 Å². The maximum atomic E-state index is 13.6. The van der Waals surface area contributed by atoms with Gasteiger partial charge in [0.05, 0.1) is 11.5 Å². The Hall–Kier alpha value is -1.61. The van der Waals surface area contributed by atoms with Crippen molar-refractivity contribution >= 4 is 5.97 Å². The van der Waals surface area contributed by atoms with Gasteiger partial charge in [0.15, 0.2) is 0 Å². The molecule has 0 aromatic heterocycles. The number of benzene rings is 1. The predicted molar refractivity (Wildman–Crippen MR) is 161 cm³/mol. The molecule has 1 N–H and O–H groups in total. The number of ether oxygens (including phenoxy) is 1. The van der Waals surface area contributed by atoms with Gasteiger partial charge in [-0.1, -0.05) is 83.5 Å². The van der Waals surface area contributed by atoms with Gasteiger partial charge in [-0.3, -0.25) is 4.79 Å². The highest BCUT2D eigenvalue weighted by Crippen LogP contribution is 2.75. The molecule has 5 aliphatic carbocycles. The SMILES string of the molecule is CC1(C)C(O)CC[C@@]2(C)C1CC[C@]1(C)C2CC=C2[C@@H]3C[C@@](C)(C(=O)OCc4ccccc4)CC[C@]3(C)CC[C@]21C. The lowest BCUT2D eigenvalue weighted by Crippen LogP contribution is -2.64. The first kappa shape index (κ1) is 28.5. The summed E-state index contributed by atoms with van der Waals surface area (Å²) in [4.78, 5) is 13.6. The Morgan fingerprint density at radius 2 is 1.57 bits per heavy atom. The molecule has 40 heavy (non-hydrogen) atoms. The van der Waals surface area contributed by atoms with Crippen LogP contribution in [0.25, 0.3) is 0 Å². The van der Waals surface area contributed by atoms with Crippen molar-refractivity contribution in [2.45, 2.75) is 125 Å². The zero-order valence-corrected chi connectivity index (χ0v) is 26.3. The number of esters is 1. The van der Waals surface area contributed by atoms with E-state index < -0.39 is 5.41 Å². The molecule has 1 aromatic rings. The van der Waals surface area contributed by atoms with Crippen molar-refractivity contribution in [2.24, 2.45) is 50.2 Å². The first-order valence-electron chi connectivity index (χ1n) is 16.3. The fourth-order valence-corrected chi connectivity index (χ4v) is 11.4. The Kier molecular flexibility index (Phi) is 6.55. The van der Waals surface area contributed by atoms with E-state index in [1.165, 1.54) is 25.7 Å². The molecule has 0 radical (unpaired) electrons. The number of allylic oxidation sites excluding steroid dienone is 2. The van der Waals surface area contributed by atoms with E-state index in [-0.39, 0.29) is 39.1 Å². The van der Waals surface area contributed by atoms with Crippen molar-refractivity contribution in [3.05, 3.63) is 47.5 Å². The van der Waals surface area contributed by atoms with Crippen molar-refractivity contribution in [3.63, 3.8) is 0 Å². The van der Waals surface area contributed by atoms with Gasteiger partial charge < -0.3 is 9.84 Å². The Morgan fingerprint density at radius 1 is 0.875 bits per heavy atom. The van der Waals surface area contributed by atoms with E-state index in [0.29, 0.717) is 24.4 Å². The summed E-state index contributed by atoms with van der Waals surface area (Å²) in [6, 6.07) is 10.1. The van der Waals surface area contributed by atoms with E-state index in [0.717, 1.165) is 44.1 Å². The number of carbonyl (C=O) groups is 1. The van der Waals surface area contributed by atoms with E-state index in [1.54, 1.807) is 5.57 Å². The first-order chi connectivity index (χ1) is 18.7. The molecule has 9 atom stereocenters. The molecular weight excluding hydrogens is 492 g/mol. The van der Waals surface area contributed by atoms with Crippen molar-refractivity contribution < 1.29 is 14.6 Å². The number of carbonyl (C=O) groups excluding carboxylic acids is 1. The average molecular weight is 547 g/mol. The number of fused-ring (bicyclic) bond motifs is 7. The minimum atomic E-state index is -0.428. The summed E-state index contributed by atoms with van der Waals surface area (Å²) in [5, 5.41) is 11.0. The molecule has 0 aliphatic heterocycles. The Labute approximate surface area is 243 Å². The summed E-state index contributed by atoms with van der Waals surface area (Å²) in [5.74, 6) is 1.66. The monoisotopic (exact) mass is 546 g/mol. The Morgan fingerprint density at radius 3 is 2.30 bits per heavy atom. The molecule has 6 rings (SSSR count). The largest absolute Gasteiger partial charge is 0.460 e. The van der Waals surface area contributed by atoms with E-state index in [9.17, 15) is 9.90 Å². The summed E-state index contributed by atoms with van der Waals surface area (Å²) < 4.78 is 5.97. The van der Waals surface area contributed by atoms with E-state index in [1.807, 2.05) is 30.3 Å². The normalized spacial score (nSPS) is 47.5. The molecule has 3 nitrogen and oxygen atoms in total. The van der Waals surface area contributed by atoms with Crippen LogP contribution < -0.4 is 0 Å². The van der Waals surface area contributed by atoms with Gasteiger partial charge in [0.2, 0.25) is 0 Å². The standard InChI is InChI=1S/C37H54O3/c1-32(2)28-15-18-37(7)29(35(28,5)17-16-30(32)38)14-13-26-27-23-34(4,20-19-33(27,3)21-22-36(26,37)6)31(39)40-24-25-11-9-8-10-12-25/h8-13,27-30,38H,14-24H2,1-7H3/t27-,28?,29?,30?,33+,34-,35-,36+,37+/m0/s1. The maximum Gasteiger partial charge on any atom is 0.312 e. The number of hydrogen-bond acceptors (Lipinski definition) is 3. The molecular formula is C37H54O3. The molecule has 0 bridgehead atoms. The zero-order valence-electron chi connectivity index (χ0n) is 26.3. The average Bonchev–Trinajstić information content (AvgIpc) is 2.91. The summed E-state index contributed by atoms with van der Waals surface area (Å²) in [5.41, 5.74) is 3.25. The highest BCUT2D eigenvalue weighted by Gasteiger charge is 2.68. The highest BCUT2D eigenvalue weighted by molar-refractivity contribution is 5.76. The second-order valence-electron chi connectivity index (χ2n) is 16.7. The second-order valence-corrected chi connectivity index (χ2v) is 16.7. The van der Waals surface area contributed by atoms with Crippen LogP contribution in [0.4, 0.5) is 0 Å². The minimum Gasteiger partial charge on any atom is -0.460 e. The zero-order chi connectivity index (χ0) is 28.8. The smallest absolute Gasteiger partial charge is 0.312 e. The van der Waals surface area contributed by atoms with Gasteiger partial charge >= 0.3 is 5.97 Å². The van der Waals surface area contributed by atoms with Crippen LogP contribution >= 0.6 is 0 Å². The topological polar surface area (TPSA) is 46.5 Å². The fourth-order valence-electron chi connectivity index (χ4n) is 11.4. The highest BCUT2D eigenvalue weighted by atomic mass is 16.5. The third-order valence-corrected chi connectivity index (χ3v) is 14.5. The van der Waals surface area contributed by atoms with E-state index in [2.05, 4.69) is 54.5 Å². The molecule has 3 heteroatoms. The van der Waals surface area contributed by atoms with Crippen LogP contribution in [0.5, 0.6) is 0 Å². The number of rotatable bonds is 3. The fraction of sp³-hybridized carbons (Fsp3) is 0.757. The quantitative estimate of drug-likeness (QED) is 0.304. The van der Waals surface area contributed by atoms with E-state index in [4.69, 9.17) is 4.74 Å². The molecule has 4 fully saturated rings. The summed E-state index contributed by atoms with van der Waals surface area (Å²) in [6.45, 7) is 17.6. The summed E-state index contributed by atoms with van der Waals surface area (Å²) in [7, 11) is 0. The van der Waals surface area contributed by atoms with Crippen LogP contribution in [0.2, 0.25) is 0 Å². The third-order valence-electron chi connectivity index (χ3n) is 14.5. The number of aliphatic hydroxyl groups excluding tert-OH is 1. The minimum absolute atomic E-state index is 0.0119. The molecule has 0 amide bonds. The van der Waals surface area contributed by atoms with Crippen molar-refractivity contribution in [1.29, 1.82) is 0 Å². The lowest BCUT2D eigenvalue weighted by atomic mass is 9.33. The molecule has 4 saturated carbocycles. The molecule has 0 saturated heterocycles. The van der Waals surface area contributed by atoms with Crippen molar-refractivity contribution in [2.75, 3.05) is 0 Å². The Bertz CT molecular complexity index is 1190. The van der Waals surface area contributed by atoms with Gasteiger partial charge in [0.1, 0.15) is 6.61 Å². The number of hydrogen-bond donors (Lipinski definition) is 1. The van der Waals surface area contributed by atoms with Gasteiger partial charge in [0, 0.05) is 0 Å². The first-order valence-corrected chi connectivity index (χ1v) is 16.3. The van der Waals surface area contributed by atoms with Gasteiger partial charge in [-0.05, 0) is 122 Å². The van der Waals surface area contributed by atoms with Crippen LogP contribution in [0.3, 0.4) is 0 Å². The van der Waals surface area contributed by atoms with Crippen molar-refractivity contribution in [1.82, 2.24) is 0 Å².